The van der Waals surface area contributed by atoms with E-state index in [0.29, 0.717) is 0 Å². The first-order chi connectivity index (χ1) is 33.5. The number of hydrogen-bond acceptors (Lipinski definition) is 1. The molecule has 0 fully saturated rings. The Bertz CT molecular complexity index is 3610. The predicted molar refractivity (Wildman–Crippen MR) is 317 cm³/mol. The molecule has 9 aromatic carbocycles. The van der Waals surface area contributed by atoms with Crippen LogP contribution in [0.4, 0.5) is 17.1 Å². The lowest BCUT2D eigenvalue weighted by Crippen LogP contribution is -2.17. The maximum Gasteiger partial charge on any atom is 0.0541 e. The summed E-state index contributed by atoms with van der Waals surface area (Å²) in [4.78, 5) is 2.54. The quantitative estimate of drug-likeness (QED) is 0.156. The Balaban J connectivity index is 1.25. The van der Waals surface area contributed by atoms with Gasteiger partial charge in [0.05, 0.1) is 22.4 Å². The van der Waals surface area contributed by atoms with Crippen molar-refractivity contribution in [1.29, 1.82) is 0 Å². The molecule has 0 aliphatic carbocycles. The van der Waals surface area contributed by atoms with Crippen LogP contribution in [0, 0.1) is 0 Å². The van der Waals surface area contributed by atoms with Crippen molar-refractivity contribution in [3.8, 4) is 16.8 Å². The normalized spacial score (nSPS) is 13.4. The first-order valence-electron chi connectivity index (χ1n) is 26.5. The van der Waals surface area contributed by atoms with Gasteiger partial charge in [0.2, 0.25) is 0 Å². The summed E-state index contributed by atoms with van der Waals surface area (Å²) in [5.74, 6) is 0. The standard InChI is InChI=1S/C70H78N2/c1-65(2,3)47-23-27-53(28-24-47)71(54-38-46(37-52(40-54)70(16,17)18)45-35-50(68(10,11)12)39-51(36-45)69(13,14)15)59-31-21-43-20-30-56-60(32-22-44-19-29-55(59)63(43)64(44)56)72-61-33-25-48(66(4,5)6)41-57(61)58-42-49(67(7,8)9)26-34-62(58)72/h19-42H,1-18H3. The van der Waals surface area contributed by atoms with Gasteiger partial charge in [0.25, 0.3) is 0 Å². The number of nitrogens with zero attached hydrogens (tertiary/aromatic N) is 2. The van der Waals surface area contributed by atoms with Gasteiger partial charge in [0.15, 0.2) is 0 Å². The lowest BCUT2D eigenvalue weighted by Gasteiger charge is -2.31. The van der Waals surface area contributed by atoms with Crippen LogP contribution < -0.4 is 4.90 Å². The van der Waals surface area contributed by atoms with E-state index in [-0.39, 0.29) is 32.5 Å². The third-order valence-electron chi connectivity index (χ3n) is 15.6. The van der Waals surface area contributed by atoms with Gasteiger partial charge in [0, 0.05) is 32.9 Å². The summed E-state index contributed by atoms with van der Waals surface area (Å²) in [5.41, 5.74) is 17.7. The highest BCUT2D eigenvalue weighted by Gasteiger charge is 2.28. The lowest BCUT2D eigenvalue weighted by molar-refractivity contribution is 0.569. The van der Waals surface area contributed by atoms with Crippen LogP contribution >= 0.6 is 0 Å². The van der Waals surface area contributed by atoms with Crippen LogP contribution in [0.3, 0.4) is 0 Å². The number of anilines is 3. The fourth-order valence-corrected chi connectivity index (χ4v) is 10.9. The smallest absolute Gasteiger partial charge is 0.0541 e. The van der Waals surface area contributed by atoms with Gasteiger partial charge in [-0.1, -0.05) is 210 Å². The molecule has 10 rings (SSSR count). The molecule has 1 aromatic heterocycles. The highest BCUT2D eigenvalue weighted by atomic mass is 15.1. The zero-order valence-corrected chi connectivity index (χ0v) is 46.8. The zero-order valence-electron chi connectivity index (χ0n) is 46.8. The van der Waals surface area contributed by atoms with Gasteiger partial charge in [0.1, 0.15) is 0 Å². The van der Waals surface area contributed by atoms with E-state index in [1.807, 2.05) is 0 Å². The molecule has 1 heterocycles. The van der Waals surface area contributed by atoms with E-state index in [9.17, 15) is 0 Å². The van der Waals surface area contributed by atoms with E-state index >= 15 is 0 Å². The van der Waals surface area contributed by atoms with Crippen LogP contribution in [-0.4, -0.2) is 4.57 Å². The molecule has 2 nitrogen and oxygen atoms in total. The molecule has 0 saturated carbocycles. The van der Waals surface area contributed by atoms with Crippen molar-refractivity contribution in [1.82, 2.24) is 4.57 Å². The van der Waals surface area contributed by atoms with Gasteiger partial charge in [-0.05, 0) is 159 Å². The summed E-state index contributed by atoms with van der Waals surface area (Å²) < 4.78 is 2.54. The Morgan fingerprint density at radius 2 is 0.694 bits per heavy atom. The summed E-state index contributed by atoms with van der Waals surface area (Å²) in [6.07, 6.45) is 0. The largest absolute Gasteiger partial charge is 0.310 e. The van der Waals surface area contributed by atoms with Crippen LogP contribution in [0.15, 0.2) is 146 Å². The fraction of sp³-hybridized carbons (Fsp3) is 0.343. The Kier molecular flexibility index (Phi) is 11.3. The minimum absolute atomic E-state index is 0.00395. The summed E-state index contributed by atoms with van der Waals surface area (Å²) in [6.45, 7) is 41.9. The predicted octanol–water partition coefficient (Wildman–Crippen LogP) is 20.6. The second kappa shape index (κ2) is 16.6. The minimum atomic E-state index is -0.102. The molecule has 0 aliphatic heterocycles. The molecule has 0 amide bonds. The number of fused-ring (bicyclic) bond motifs is 3. The van der Waals surface area contributed by atoms with E-state index in [4.69, 9.17) is 0 Å². The molecule has 0 unspecified atom stereocenters. The van der Waals surface area contributed by atoms with Crippen LogP contribution in [0.2, 0.25) is 0 Å². The molecule has 368 valence electrons. The molecular weight excluding hydrogens is 869 g/mol. The Hall–Kier alpha value is -6.38. The average Bonchev–Trinajstić information content (AvgIpc) is 3.62. The number of aromatic nitrogens is 1. The average molecular weight is 947 g/mol. The summed E-state index contributed by atoms with van der Waals surface area (Å²) in [7, 11) is 0. The Labute approximate surface area is 431 Å². The van der Waals surface area contributed by atoms with E-state index in [0.717, 1.165) is 11.4 Å². The summed E-state index contributed by atoms with van der Waals surface area (Å²) >= 11 is 0. The van der Waals surface area contributed by atoms with Crippen molar-refractivity contribution >= 4 is 71.2 Å². The molecule has 0 spiro atoms. The van der Waals surface area contributed by atoms with Crippen molar-refractivity contribution in [2.24, 2.45) is 0 Å². The van der Waals surface area contributed by atoms with Crippen LogP contribution in [0.5, 0.6) is 0 Å². The molecule has 0 N–H and O–H groups in total. The monoisotopic (exact) mass is 947 g/mol. The zero-order chi connectivity index (χ0) is 51.8. The first kappa shape index (κ1) is 49.2. The maximum atomic E-state index is 2.54. The molecule has 0 aliphatic rings. The maximum absolute atomic E-state index is 2.54. The van der Waals surface area contributed by atoms with Gasteiger partial charge in [-0.3, -0.25) is 0 Å². The second-order valence-corrected chi connectivity index (χ2v) is 27.3. The van der Waals surface area contributed by atoms with Crippen molar-refractivity contribution in [3.05, 3.63) is 179 Å². The second-order valence-electron chi connectivity index (χ2n) is 27.3. The SMILES string of the molecule is CC(C)(C)c1ccc(N(c2cc(-c3cc(C(C)(C)C)cc(C(C)(C)C)c3)cc(C(C)(C)C)c2)c2ccc3ccc4c(-n5c6ccc(C(C)(C)C)cc6c6cc(C(C)(C)C)ccc65)ccc5ccc2c3c54)cc1. The number of rotatable bonds is 5. The lowest BCUT2D eigenvalue weighted by atomic mass is 9.78. The third kappa shape index (κ3) is 8.67. The van der Waals surface area contributed by atoms with Crippen molar-refractivity contribution in [3.63, 3.8) is 0 Å². The van der Waals surface area contributed by atoms with Gasteiger partial charge < -0.3 is 9.47 Å². The Morgan fingerprint density at radius 3 is 1.18 bits per heavy atom. The highest BCUT2D eigenvalue weighted by Crippen LogP contribution is 2.48. The van der Waals surface area contributed by atoms with E-state index in [1.54, 1.807) is 0 Å². The minimum Gasteiger partial charge on any atom is -0.310 e. The first-order valence-corrected chi connectivity index (χ1v) is 26.5. The third-order valence-corrected chi connectivity index (χ3v) is 15.6. The molecule has 72 heavy (non-hydrogen) atoms. The Morgan fingerprint density at radius 1 is 0.292 bits per heavy atom. The van der Waals surface area contributed by atoms with Gasteiger partial charge >= 0.3 is 0 Å². The highest BCUT2D eigenvalue weighted by molar-refractivity contribution is 6.27. The number of hydrogen-bond donors (Lipinski definition) is 0. The van der Waals surface area contributed by atoms with Crippen molar-refractivity contribution < 1.29 is 0 Å². The molecule has 2 heteroatoms. The molecule has 0 bridgehead atoms. The molecule has 0 radical (unpaired) electrons. The molecule has 0 atom stereocenters. The van der Waals surface area contributed by atoms with Crippen LogP contribution in [0.1, 0.15) is 158 Å². The van der Waals surface area contributed by atoms with E-state index in [1.165, 1.54) is 110 Å². The molecule has 0 saturated heterocycles. The van der Waals surface area contributed by atoms with Crippen molar-refractivity contribution in [2.75, 3.05) is 4.90 Å². The van der Waals surface area contributed by atoms with Gasteiger partial charge in [-0.15, -0.1) is 0 Å². The molecular formula is C70H78N2. The fourth-order valence-electron chi connectivity index (χ4n) is 10.9. The summed E-state index contributed by atoms with van der Waals surface area (Å²) in [5, 5.41) is 10.2. The molecule has 10 aromatic rings. The van der Waals surface area contributed by atoms with Gasteiger partial charge in [-0.25, -0.2) is 0 Å². The number of benzene rings is 9. The summed E-state index contributed by atoms with van der Waals surface area (Å²) in [6, 6.07) is 57.3. The van der Waals surface area contributed by atoms with Crippen molar-refractivity contribution in [2.45, 2.75) is 157 Å². The van der Waals surface area contributed by atoms with Gasteiger partial charge in [-0.2, -0.15) is 0 Å². The topological polar surface area (TPSA) is 8.17 Å². The van der Waals surface area contributed by atoms with Crippen LogP contribution in [-0.2, 0) is 32.5 Å². The van der Waals surface area contributed by atoms with E-state index < -0.39 is 0 Å². The van der Waals surface area contributed by atoms with Crippen LogP contribution in [0.25, 0.3) is 70.9 Å². The van der Waals surface area contributed by atoms with E-state index in [2.05, 4.69) is 280 Å².